The smallest absolute Gasteiger partial charge is 0.338 e. The summed E-state index contributed by atoms with van der Waals surface area (Å²) in [5, 5.41) is 2.91. The molecule has 6 heteroatoms. The summed E-state index contributed by atoms with van der Waals surface area (Å²) in [6.07, 6.45) is 0. The largest absolute Gasteiger partial charge is 0.465 e. The highest BCUT2D eigenvalue weighted by molar-refractivity contribution is 7.85. The summed E-state index contributed by atoms with van der Waals surface area (Å²) >= 11 is 0. The van der Waals surface area contributed by atoms with E-state index in [0.717, 1.165) is 4.90 Å². The Hall–Kier alpha value is -2.47. The van der Waals surface area contributed by atoms with Crippen LogP contribution in [0.25, 0.3) is 0 Å². The highest BCUT2D eigenvalue weighted by Crippen LogP contribution is 2.14. The number of rotatable bonds is 7. The lowest BCUT2D eigenvalue weighted by atomic mass is 10.0. The highest BCUT2D eigenvalue weighted by atomic mass is 32.2. The van der Waals surface area contributed by atoms with Crippen molar-refractivity contribution >= 4 is 22.7 Å². The molecule has 5 nitrogen and oxygen atoms in total. The molecule has 1 N–H and O–H groups in total. The van der Waals surface area contributed by atoms with E-state index in [1.807, 2.05) is 44.2 Å². The molecule has 138 valence electrons. The van der Waals surface area contributed by atoms with Gasteiger partial charge in [-0.15, -0.1) is 0 Å². The second kappa shape index (κ2) is 9.29. The molecule has 0 aromatic heterocycles. The van der Waals surface area contributed by atoms with Crippen molar-refractivity contribution in [2.75, 3.05) is 12.9 Å². The molecule has 0 aliphatic heterocycles. The fourth-order valence-electron chi connectivity index (χ4n) is 2.45. The van der Waals surface area contributed by atoms with Gasteiger partial charge in [0, 0.05) is 16.7 Å². The van der Waals surface area contributed by atoms with Crippen LogP contribution in [0.4, 0.5) is 0 Å². The number of carbonyl (C=O) groups excluding carboxylic acids is 2. The predicted octanol–water partition coefficient (Wildman–Crippen LogP) is 3.04. The van der Waals surface area contributed by atoms with Crippen LogP contribution in [-0.4, -0.2) is 35.0 Å². The van der Waals surface area contributed by atoms with E-state index in [2.05, 4.69) is 5.32 Å². The van der Waals surface area contributed by atoms with E-state index in [1.165, 1.54) is 7.11 Å². The molecule has 2 aromatic rings. The number of esters is 1. The average molecular weight is 373 g/mol. The van der Waals surface area contributed by atoms with Crippen LogP contribution in [0.2, 0.25) is 0 Å². The molecule has 0 saturated carbocycles. The van der Waals surface area contributed by atoms with Gasteiger partial charge in [0.05, 0.1) is 29.0 Å². The van der Waals surface area contributed by atoms with Crippen molar-refractivity contribution in [2.45, 2.75) is 24.8 Å². The molecule has 0 saturated heterocycles. The van der Waals surface area contributed by atoms with Crippen molar-refractivity contribution in [3.05, 3.63) is 65.7 Å². The number of methoxy groups -OCH3 is 1. The highest BCUT2D eigenvalue weighted by Gasteiger charge is 2.23. The van der Waals surface area contributed by atoms with E-state index >= 15 is 0 Å². The van der Waals surface area contributed by atoms with Crippen LogP contribution >= 0.6 is 0 Å². The third-order valence-electron chi connectivity index (χ3n) is 4.04. The molecule has 0 bridgehead atoms. The molecule has 0 aliphatic carbocycles. The van der Waals surface area contributed by atoms with Crippen molar-refractivity contribution in [3.63, 3.8) is 0 Å². The van der Waals surface area contributed by atoms with Crippen LogP contribution in [-0.2, 0) is 15.5 Å². The SMILES string of the molecule is COC(=O)c1ccccc1C(=O)N[C@H](CS(=O)c1ccccc1)C(C)C. The maximum absolute atomic E-state index is 12.7. The first-order chi connectivity index (χ1) is 12.4. The van der Waals surface area contributed by atoms with Crippen molar-refractivity contribution in [3.8, 4) is 0 Å². The van der Waals surface area contributed by atoms with Gasteiger partial charge in [-0.2, -0.15) is 0 Å². The Morgan fingerprint density at radius 1 is 1.00 bits per heavy atom. The van der Waals surface area contributed by atoms with Gasteiger partial charge >= 0.3 is 5.97 Å². The molecular weight excluding hydrogens is 350 g/mol. The van der Waals surface area contributed by atoms with Crippen molar-refractivity contribution in [2.24, 2.45) is 5.92 Å². The predicted molar refractivity (Wildman–Crippen MR) is 102 cm³/mol. The minimum atomic E-state index is -1.23. The molecule has 2 rings (SSSR count). The molecule has 0 radical (unpaired) electrons. The second-order valence-corrected chi connectivity index (χ2v) is 7.68. The summed E-state index contributed by atoms with van der Waals surface area (Å²) in [6.45, 7) is 3.92. The van der Waals surface area contributed by atoms with Gasteiger partial charge in [0.2, 0.25) is 0 Å². The van der Waals surface area contributed by atoms with Gasteiger partial charge in [-0.25, -0.2) is 4.79 Å². The topological polar surface area (TPSA) is 72.5 Å². The number of ether oxygens (including phenoxy) is 1. The third kappa shape index (κ3) is 5.02. The molecule has 2 aromatic carbocycles. The number of nitrogens with one attached hydrogen (secondary N) is 1. The number of carbonyl (C=O) groups is 2. The Bertz CT molecular complexity index is 789. The molecule has 1 amide bonds. The van der Waals surface area contributed by atoms with Crippen LogP contribution < -0.4 is 5.32 Å². The molecule has 0 fully saturated rings. The van der Waals surface area contributed by atoms with Crippen LogP contribution in [0.1, 0.15) is 34.6 Å². The molecule has 26 heavy (non-hydrogen) atoms. The first kappa shape index (κ1) is 19.8. The fourth-order valence-corrected chi connectivity index (χ4v) is 3.90. The zero-order valence-electron chi connectivity index (χ0n) is 15.1. The van der Waals surface area contributed by atoms with E-state index in [4.69, 9.17) is 4.74 Å². The summed E-state index contributed by atoms with van der Waals surface area (Å²) in [5.74, 6) is -0.565. The van der Waals surface area contributed by atoms with Crippen molar-refractivity contribution < 1.29 is 18.5 Å². The summed E-state index contributed by atoms with van der Waals surface area (Å²) in [4.78, 5) is 25.3. The van der Waals surface area contributed by atoms with Crippen LogP contribution in [0.5, 0.6) is 0 Å². The Morgan fingerprint density at radius 3 is 2.15 bits per heavy atom. The Kier molecular flexibility index (Phi) is 7.09. The minimum absolute atomic E-state index is 0.0805. The van der Waals surface area contributed by atoms with Crippen molar-refractivity contribution in [1.29, 1.82) is 0 Å². The number of benzene rings is 2. The quantitative estimate of drug-likeness (QED) is 0.757. The van der Waals surface area contributed by atoms with E-state index in [0.29, 0.717) is 5.75 Å². The zero-order chi connectivity index (χ0) is 19.1. The lowest BCUT2D eigenvalue weighted by Gasteiger charge is -2.22. The van der Waals surface area contributed by atoms with Crippen LogP contribution in [0.3, 0.4) is 0 Å². The fraction of sp³-hybridized carbons (Fsp3) is 0.300. The summed E-state index contributed by atoms with van der Waals surface area (Å²) < 4.78 is 17.3. The molecule has 0 spiro atoms. The number of hydrogen-bond donors (Lipinski definition) is 1. The zero-order valence-corrected chi connectivity index (χ0v) is 15.9. The van der Waals surface area contributed by atoms with Gasteiger partial charge in [-0.05, 0) is 30.2 Å². The van der Waals surface area contributed by atoms with Gasteiger partial charge < -0.3 is 10.1 Å². The van der Waals surface area contributed by atoms with E-state index in [1.54, 1.807) is 24.3 Å². The third-order valence-corrected chi connectivity index (χ3v) is 5.50. The van der Waals surface area contributed by atoms with E-state index < -0.39 is 16.8 Å². The minimum Gasteiger partial charge on any atom is -0.465 e. The van der Waals surface area contributed by atoms with Crippen LogP contribution in [0, 0.1) is 5.92 Å². The molecular formula is C20H23NO4S. The van der Waals surface area contributed by atoms with Crippen LogP contribution in [0.15, 0.2) is 59.5 Å². The summed E-state index contributed by atoms with van der Waals surface area (Å²) in [7, 11) is 0.0458. The second-order valence-electron chi connectivity index (χ2n) is 6.19. The van der Waals surface area contributed by atoms with Gasteiger partial charge in [0.1, 0.15) is 0 Å². The standard InChI is InChI=1S/C20H23NO4S/c1-14(2)18(13-26(24)15-9-5-4-6-10-15)21-19(22)16-11-7-8-12-17(16)20(23)25-3/h4-12,14,18H,13H2,1-3H3,(H,21,22)/t18-,26?/m1/s1. The summed E-state index contributed by atoms with van der Waals surface area (Å²) in [6, 6.07) is 15.3. The Labute approximate surface area is 156 Å². The van der Waals surface area contributed by atoms with Gasteiger partial charge in [0.15, 0.2) is 0 Å². The first-order valence-corrected chi connectivity index (χ1v) is 9.67. The van der Waals surface area contributed by atoms with E-state index in [-0.39, 0.29) is 29.0 Å². The van der Waals surface area contributed by atoms with Crippen molar-refractivity contribution in [1.82, 2.24) is 5.32 Å². The molecule has 1 unspecified atom stereocenters. The normalized spacial score (nSPS) is 13.1. The molecule has 0 aliphatic rings. The van der Waals surface area contributed by atoms with Gasteiger partial charge in [-0.1, -0.05) is 44.2 Å². The van der Waals surface area contributed by atoms with E-state index in [9.17, 15) is 13.8 Å². The van der Waals surface area contributed by atoms with Gasteiger partial charge in [0.25, 0.3) is 5.91 Å². The first-order valence-electron chi connectivity index (χ1n) is 8.35. The van der Waals surface area contributed by atoms with Gasteiger partial charge in [-0.3, -0.25) is 9.00 Å². The summed E-state index contributed by atoms with van der Waals surface area (Å²) in [5.41, 5.74) is 0.453. The lowest BCUT2D eigenvalue weighted by molar-refractivity contribution is 0.0596. The average Bonchev–Trinajstić information content (AvgIpc) is 2.67. The maximum Gasteiger partial charge on any atom is 0.338 e. The monoisotopic (exact) mass is 373 g/mol. The molecule has 2 atom stereocenters. The number of amides is 1. The number of hydrogen-bond acceptors (Lipinski definition) is 4. The Morgan fingerprint density at radius 2 is 1.58 bits per heavy atom. The maximum atomic E-state index is 12.7. The Balaban J connectivity index is 2.17. The molecule has 0 heterocycles. The lowest BCUT2D eigenvalue weighted by Crippen LogP contribution is -2.42.